The van der Waals surface area contributed by atoms with Crippen molar-refractivity contribution in [2.24, 2.45) is 11.7 Å². The smallest absolute Gasteiger partial charge is 0.123 e. The average Bonchev–Trinajstić information content (AvgIpc) is 2.49. The van der Waals surface area contributed by atoms with Crippen molar-refractivity contribution in [1.82, 2.24) is 4.90 Å². The second kappa shape index (κ2) is 7.90. The summed E-state index contributed by atoms with van der Waals surface area (Å²) in [6, 6.07) is 7.96. The minimum atomic E-state index is -0.157. The Morgan fingerprint density at radius 3 is 2.38 bits per heavy atom. The summed E-state index contributed by atoms with van der Waals surface area (Å²) < 4.78 is 13.1. The molecule has 118 valence electrons. The SMILES string of the molecule is CCC(C)CN(Cc1ccc(F)cc1)C1CCC(N)CC1. The zero-order valence-corrected chi connectivity index (χ0v) is 13.4. The molecule has 0 amide bonds. The van der Waals surface area contributed by atoms with Crippen LogP contribution in [0.3, 0.4) is 0 Å². The molecule has 1 fully saturated rings. The molecule has 1 aromatic rings. The van der Waals surface area contributed by atoms with Crippen LogP contribution in [0.25, 0.3) is 0 Å². The molecule has 2 rings (SSSR count). The molecule has 0 aromatic heterocycles. The first-order chi connectivity index (χ1) is 10.1. The van der Waals surface area contributed by atoms with Crippen molar-refractivity contribution in [2.45, 2.75) is 64.6 Å². The maximum atomic E-state index is 13.1. The van der Waals surface area contributed by atoms with Crippen LogP contribution < -0.4 is 5.73 Å². The van der Waals surface area contributed by atoms with Crippen LogP contribution in [0, 0.1) is 11.7 Å². The van der Waals surface area contributed by atoms with Gasteiger partial charge in [-0.25, -0.2) is 4.39 Å². The molecule has 2 nitrogen and oxygen atoms in total. The lowest BCUT2D eigenvalue weighted by Crippen LogP contribution is -2.42. The largest absolute Gasteiger partial charge is 0.328 e. The van der Waals surface area contributed by atoms with Gasteiger partial charge in [0.05, 0.1) is 0 Å². The second-order valence-electron chi connectivity index (χ2n) is 6.64. The van der Waals surface area contributed by atoms with E-state index < -0.39 is 0 Å². The molecule has 2 N–H and O–H groups in total. The summed E-state index contributed by atoms with van der Waals surface area (Å²) in [7, 11) is 0. The normalized spacial score (nSPS) is 24.2. The number of hydrogen-bond acceptors (Lipinski definition) is 2. The van der Waals surface area contributed by atoms with Crippen LogP contribution in [0.5, 0.6) is 0 Å². The summed E-state index contributed by atoms with van der Waals surface area (Å²) in [5.41, 5.74) is 7.24. The van der Waals surface area contributed by atoms with E-state index in [2.05, 4.69) is 18.7 Å². The lowest BCUT2D eigenvalue weighted by molar-refractivity contribution is 0.122. The van der Waals surface area contributed by atoms with Crippen LogP contribution in [0.15, 0.2) is 24.3 Å². The van der Waals surface area contributed by atoms with Crippen molar-refractivity contribution in [3.05, 3.63) is 35.6 Å². The third kappa shape index (κ3) is 5.08. The molecule has 1 saturated carbocycles. The summed E-state index contributed by atoms with van der Waals surface area (Å²) in [6.07, 6.45) is 5.85. The van der Waals surface area contributed by atoms with Gasteiger partial charge in [-0.05, 0) is 49.3 Å². The number of nitrogens with two attached hydrogens (primary N) is 1. The van der Waals surface area contributed by atoms with Gasteiger partial charge in [-0.3, -0.25) is 4.90 Å². The Morgan fingerprint density at radius 1 is 1.19 bits per heavy atom. The summed E-state index contributed by atoms with van der Waals surface area (Å²) in [6.45, 7) is 6.60. The summed E-state index contributed by atoms with van der Waals surface area (Å²) in [4.78, 5) is 2.59. The zero-order chi connectivity index (χ0) is 15.2. The van der Waals surface area contributed by atoms with Gasteiger partial charge in [0.25, 0.3) is 0 Å². The summed E-state index contributed by atoms with van der Waals surface area (Å²) >= 11 is 0. The van der Waals surface area contributed by atoms with E-state index in [9.17, 15) is 4.39 Å². The van der Waals surface area contributed by atoms with E-state index in [4.69, 9.17) is 5.73 Å². The van der Waals surface area contributed by atoms with Crippen molar-refractivity contribution in [1.29, 1.82) is 0 Å². The van der Waals surface area contributed by atoms with Gasteiger partial charge in [0.15, 0.2) is 0 Å². The fourth-order valence-corrected chi connectivity index (χ4v) is 3.16. The Morgan fingerprint density at radius 2 is 1.81 bits per heavy atom. The predicted octanol–water partition coefficient (Wildman–Crippen LogP) is 3.94. The van der Waals surface area contributed by atoms with Gasteiger partial charge in [-0.1, -0.05) is 32.4 Å². The Labute approximate surface area is 128 Å². The number of hydrogen-bond donors (Lipinski definition) is 1. The highest BCUT2D eigenvalue weighted by Crippen LogP contribution is 2.25. The van der Waals surface area contributed by atoms with Crippen LogP contribution in [0.4, 0.5) is 4.39 Å². The lowest BCUT2D eigenvalue weighted by atomic mass is 9.90. The first kappa shape index (κ1) is 16.4. The number of halogens is 1. The van der Waals surface area contributed by atoms with Crippen molar-refractivity contribution in [2.75, 3.05) is 6.54 Å². The first-order valence-electron chi connectivity index (χ1n) is 8.32. The van der Waals surface area contributed by atoms with Crippen LogP contribution in [-0.2, 0) is 6.54 Å². The quantitative estimate of drug-likeness (QED) is 0.860. The third-order valence-electron chi connectivity index (χ3n) is 4.80. The Hall–Kier alpha value is -0.930. The molecule has 1 unspecified atom stereocenters. The molecule has 0 aliphatic heterocycles. The molecule has 0 radical (unpaired) electrons. The van der Waals surface area contributed by atoms with E-state index in [1.165, 1.54) is 24.8 Å². The average molecular weight is 292 g/mol. The van der Waals surface area contributed by atoms with Crippen LogP contribution in [-0.4, -0.2) is 23.5 Å². The summed E-state index contributed by atoms with van der Waals surface area (Å²) in [5, 5.41) is 0. The Kier molecular flexibility index (Phi) is 6.19. The van der Waals surface area contributed by atoms with Crippen molar-refractivity contribution >= 4 is 0 Å². The van der Waals surface area contributed by atoms with Gasteiger partial charge in [-0.2, -0.15) is 0 Å². The van der Waals surface area contributed by atoms with E-state index in [0.29, 0.717) is 18.0 Å². The van der Waals surface area contributed by atoms with Crippen molar-refractivity contribution < 1.29 is 4.39 Å². The Balaban J connectivity index is 2.02. The number of rotatable bonds is 6. The van der Waals surface area contributed by atoms with Crippen molar-refractivity contribution in [3.8, 4) is 0 Å². The molecule has 0 spiro atoms. The molecule has 1 atom stereocenters. The maximum absolute atomic E-state index is 13.1. The highest BCUT2D eigenvalue weighted by Gasteiger charge is 2.25. The molecule has 1 aromatic carbocycles. The lowest BCUT2D eigenvalue weighted by Gasteiger charge is -2.37. The van der Waals surface area contributed by atoms with Gasteiger partial charge in [0.2, 0.25) is 0 Å². The van der Waals surface area contributed by atoms with E-state index >= 15 is 0 Å². The van der Waals surface area contributed by atoms with Crippen molar-refractivity contribution in [3.63, 3.8) is 0 Å². The predicted molar refractivity (Wildman–Crippen MR) is 86.5 cm³/mol. The highest BCUT2D eigenvalue weighted by molar-refractivity contribution is 5.16. The first-order valence-corrected chi connectivity index (χ1v) is 8.32. The van der Waals surface area contributed by atoms with E-state index in [-0.39, 0.29) is 5.82 Å². The standard InChI is InChI=1S/C18H29FN2/c1-3-14(2)12-21(18-10-8-17(20)9-11-18)13-15-4-6-16(19)7-5-15/h4-7,14,17-18H,3,8-13,20H2,1-2H3. The van der Waals surface area contributed by atoms with Crippen LogP contribution in [0.2, 0.25) is 0 Å². The molecular weight excluding hydrogens is 263 g/mol. The fraction of sp³-hybridized carbons (Fsp3) is 0.667. The monoisotopic (exact) mass is 292 g/mol. The minimum Gasteiger partial charge on any atom is -0.328 e. The molecule has 0 heterocycles. The number of nitrogens with zero attached hydrogens (tertiary/aromatic N) is 1. The third-order valence-corrected chi connectivity index (χ3v) is 4.80. The van der Waals surface area contributed by atoms with E-state index in [1.807, 2.05) is 12.1 Å². The molecule has 0 bridgehead atoms. The topological polar surface area (TPSA) is 29.3 Å². The highest BCUT2D eigenvalue weighted by atomic mass is 19.1. The number of benzene rings is 1. The molecule has 3 heteroatoms. The molecular formula is C18H29FN2. The zero-order valence-electron chi connectivity index (χ0n) is 13.4. The fourth-order valence-electron chi connectivity index (χ4n) is 3.16. The molecule has 0 saturated heterocycles. The molecule has 1 aliphatic rings. The summed E-state index contributed by atoms with van der Waals surface area (Å²) in [5.74, 6) is 0.539. The maximum Gasteiger partial charge on any atom is 0.123 e. The van der Waals surface area contributed by atoms with Gasteiger partial charge >= 0.3 is 0 Å². The van der Waals surface area contributed by atoms with E-state index in [1.54, 1.807) is 12.1 Å². The van der Waals surface area contributed by atoms with Gasteiger partial charge < -0.3 is 5.73 Å². The van der Waals surface area contributed by atoms with Gasteiger partial charge in [0.1, 0.15) is 5.82 Å². The van der Waals surface area contributed by atoms with Gasteiger partial charge in [0, 0.05) is 25.2 Å². The minimum absolute atomic E-state index is 0.157. The van der Waals surface area contributed by atoms with Crippen LogP contribution in [0.1, 0.15) is 51.5 Å². The Bertz CT molecular complexity index is 410. The molecule has 1 aliphatic carbocycles. The molecule has 21 heavy (non-hydrogen) atoms. The van der Waals surface area contributed by atoms with E-state index in [0.717, 1.165) is 25.9 Å². The second-order valence-corrected chi connectivity index (χ2v) is 6.64. The van der Waals surface area contributed by atoms with Crippen LogP contribution >= 0.6 is 0 Å². The van der Waals surface area contributed by atoms with Gasteiger partial charge in [-0.15, -0.1) is 0 Å².